The summed E-state index contributed by atoms with van der Waals surface area (Å²) in [4.78, 5) is 20.0. The second-order valence-electron chi connectivity index (χ2n) is 5.53. The highest BCUT2D eigenvalue weighted by Gasteiger charge is 2.31. The number of carbonyl (C=O) groups is 1. The first-order chi connectivity index (χ1) is 13.8. The van der Waals surface area contributed by atoms with Crippen molar-refractivity contribution in [3.63, 3.8) is 0 Å². The van der Waals surface area contributed by atoms with Crippen LogP contribution in [-0.2, 0) is 10.9 Å². The van der Waals surface area contributed by atoms with E-state index < -0.39 is 17.7 Å². The van der Waals surface area contributed by atoms with Crippen molar-refractivity contribution in [2.75, 3.05) is 6.61 Å². The van der Waals surface area contributed by atoms with Crippen LogP contribution in [0.4, 0.5) is 13.2 Å². The van der Waals surface area contributed by atoms with Gasteiger partial charge in [0.15, 0.2) is 5.82 Å². The number of pyridine rings is 1. The third-order valence-corrected chi connectivity index (χ3v) is 3.67. The Kier molecular flexibility index (Phi) is 5.92. The summed E-state index contributed by atoms with van der Waals surface area (Å²) in [5.74, 6) is -1.20. The zero-order valence-electron chi connectivity index (χ0n) is 14.8. The molecule has 0 saturated carbocycles. The summed E-state index contributed by atoms with van der Waals surface area (Å²) in [5, 5.41) is 7.75. The van der Waals surface area contributed by atoms with Crippen molar-refractivity contribution in [3.8, 4) is 23.0 Å². The Labute approximate surface area is 167 Å². The maximum atomic E-state index is 13.0. The Bertz CT molecular complexity index is 1050. The van der Waals surface area contributed by atoms with Crippen LogP contribution in [0.1, 0.15) is 23.0 Å². The summed E-state index contributed by atoms with van der Waals surface area (Å²) in [6.07, 6.45) is -1.86. The minimum atomic E-state index is -4.54. The van der Waals surface area contributed by atoms with E-state index in [1.165, 1.54) is 30.6 Å². The van der Waals surface area contributed by atoms with E-state index in [0.29, 0.717) is 0 Å². The standard InChI is InChI=1S/C18H12ClF3N4O3/c1-2-28-17(27)14-16(29-13-7-12(19)8-23-9-13)24-15(26-25-14)10-4-3-5-11(6-10)18(20,21)22/h3-9H,2H2,1H3. The molecule has 0 aliphatic rings. The molecule has 7 nitrogen and oxygen atoms in total. The van der Waals surface area contributed by atoms with Gasteiger partial charge in [-0.15, -0.1) is 10.2 Å². The molecule has 29 heavy (non-hydrogen) atoms. The average molecular weight is 425 g/mol. The highest BCUT2D eigenvalue weighted by atomic mass is 35.5. The monoisotopic (exact) mass is 424 g/mol. The molecule has 150 valence electrons. The van der Waals surface area contributed by atoms with Crippen molar-refractivity contribution in [2.45, 2.75) is 13.1 Å². The number of esters is 1. The second-order valence-corrected chi connectivity index (χ2v) is 5.97. The molecule has 0 aliphatic carbocycles. The number of hydrogen-bond acceptors (Lipinski definition) is 7. The molecule has 0 fully saturated rings. The summed E-state index contributed by atoms with van der Waals surface area (Å²) >= 11 is 5.86. The third-order valence-electron chi connectivity index (χ3n) is 3.47. The lowest BCUT2D eigenvalue weighted by molar-refractivity contribution is -0.137. The van der Waals surface area contributed by atoms with Gasteiger partial charge in [-0.2, -0.15) is 18.2 Å². The molecule has 0 unspecified atom stereocenters. The molecule has 2 heterocycles. The molecule has 1 aromatic carbocycles. The molecule has 3 rings (SSSR count). The van der Waals surface area contributed by atoms with E-state index >= 15 is 0 Å². The highest BCUT2D eigenvalue weighted by molar-refractivity contribution is 6.30. The van der Waals surface area contributed by atoms with E-state index in [9.17, 15) is 18.0 Å². The van der Waals surface area contributed by atoms with Crippen LogP contribution in [0, 0.1) is 0 Å². The van der Waals surface area contributed by atoms with E-state index in [4.69, 9.17) is 21.1 Å². The predicted molar refractivity (Wildman–Crippen MR) is 95.5 cm³/mol. The molecular formula is C18H12ClF3N4O3. The molecule has 0 amide bonds. The first kappa shape index (κ1) is 20.5. The van der Waals surface area contributed by atoms with Gasteiger partial charge >= 0.3 is 12.1 Å². The number of rotatable bonds is 5. The van der Waals surface area contributed by atoms with Crippen LogP contribution in [0.25, 0.3) is 11.4 Å². The molecule has 3 aromatic rings. The van der Waals surface area contributed by atoms with E-state index in [1.54, 1.807) is 6.92 Å². The van der Waals surface area contributed by atoms with Gasteiger partial charge in [0, 0.05) is 17.8 Å². The second kappa shape index (κ2) is 8.39. The lowest BCUT2D eigenvalue weighted by Crippen LogP contribution is -2.12. The zero-order valence-corrected chi connectivity index (χ0v) is 15.5. The molecule has 0 aliphatic heterocycles. The van der Waals surface area contributed by atoms with Crippen molar-refractivity contribution in [1.29, 1.82) is 0 Å². The van der Waals surface area contributed by atoms with Crippen molar-refractivity contribution in [2.24, 2.45) is 0 Å². The molecule has 0 saturated heterocycles. The summed E-state index contributed by atoms with van der Waals surface area (Å²) in [6, 6.07) is 5.78. The number of hydrogen-bond donors (Lipinski definition) is 0. The molecule has 11 heteroatoms. The summed E-state index contributed by atoms with van der Waals surface area (Å²) in [7, 11) is 0. The van der Waals surface area contributed by atoms with Gasteiger partial charge in [0.05, 0.1) is 23.4 Å². The fourth-order valence-corrected chi connectivity index (χ4v) is 2.39. The van der Waals surface area contributed by atoms with Gasteiger partial charge in [-0.25, -0.2) is 4.79 Å². The van der Waals surface area contributed by atoms with Crippen LogP contribution in [-0.4, -0.2) is 32.7 Å². The number of carbonyl (C=O) groups excluding carboxylic acids is 1. The highest BCUT2D eigenvalue weighted by Crippen LogP contribution is 2.32. The summed E-state index contributed by atoms with van der Waals surface area (Å²) in [6.45, 7) is 1.66. The Balaban J connectivity index is 2.05. The number of nitrogens with zero attached hydrogens (tertiary/aromatic N) is 4. The maximum Gasteiger partial charge on any atom is 0.416 e. The number of ether oxygens (including phenoxy) is 2. The van der Waals surface area contributed by atoms with Crippen molar-refractivity contribution >= 4 is 17.6 Å². The van der Waals surface area contributed by atoms with Crippen LogP contribution in [0.15, 0.2) is 42.7 Å². The average Bonchev–Trinajstić information content (AvgIpc) is 2.67. The molecule has 0 N–H and O–H groups in total. The minimum Gasteiger partial charge on any atom is -0.461 e. The van der Waals surface area contributed by atoms with Crippen molar-refractivity contribution in [1.82, 2.24) is 20.2 Å². The van der Waals surface area contributed by atoms with Crippen LogP contribution in [0.5, 0.6) is 11.6 Å². The maximum absolute atomic E-state index is 13.0. The zero-order chi connectivity index (χ0) is 21.0. The first-order valence-corrected chi connectivity index (χ1v) is 8.53. The number of halogens is 4. The van der Waals surface area contributed by atoms with E-state index in [0.717, 1.165) is 12.1 Å². The molecule has 0 atom stereocenters. The van der Waals surface area contributed by atoms with Crippen LogP contribution in [0.2, 0.25) is 5.02 Å². The van der Waals surface area contributed by atoms with Gasteiger partial charge in [-0.05, 0) is 19.1 Å². The largest absolute Gasteiger partial charge is 0.461 e. The number of alkyl halides is 3. The first-order valence-electron chi connectivity index (χ1n) is 8.16. The Morgan fingerprint density at radius 1 is 1.17 bits per heavy atom. The van der Waals surface area contributed by atoms with Crippen LogP contribution in [0.3, 0.4) is 0 Å². The number of benzene rings is 1. The Morgan fingerprint density at radius 2 is 1.97 bits per heavy atom. The molecule has 2 aromatic heterocycles. The molecule has 0 spiro atoms. The van der Waals surface area contributed by atoms with Gasteiger partial charge < -0.3 is 9.47 Å². The summed E-state index contributed by atoms with van der Waals surface area (Å²) < 4.78 is 49.4. The van der Waals surface area contributed by atoms with Gasteiger partial charge in [0.25, 0.3) is 5.88 Å². The fourth-order valence-electron chi connectivity index (χ4n) is 2.23. The van der Waals surface area contributed by atoms with Crippen molar-refractivity contribution < 1.29 is 27.4 Å². The normalized spacial score (nSPS) is 11.2. The lowest BCUT2D eigenvalue weighted by Gasteiger charge is -2.11. The smallest absolute Gasteiger partial charge is 0.416 e. The van der Waals surface area contributed by atoms with Gasteiger partial charge in [0.1, 0.15) is 5.75 Å². The van der Waals surface area contributed by atoms with Crippen LogP contribution < -0.4 is 4.74 Å². The fraction of sp³-hybridized carbons (Fsp3) is 0.167. The Hall–Kier alpha value is -3.27. The molecular weight excluding hydrogens is 413 g/mol. The Morgan fingerprint density at radius 3 is 2.66 bits per heavy atom. The van der Waals surface area contributed by atoms with E-state index in [-0.39, 0.29) is 40.3 Å². The molecule has 0 radical (unpaired) electrons. The van der Waals surface area contributed by atoms with E-state index in [2.05, 4.69) is 20.2 Å². The van der Waals surface area contributed by atoms with E-state index in [1.807, 2.05) is 0 Å². The SMILES string of the molecule is CCOC(=O)c1nnc(-c2cccc(C(F)(F)F)c2)nc1Oc1cncc(Cl)c1. The lowest BCUT2D eigenvalue weighted by atomic mass is 10.1. The number of aromatic nitrogens is 4. The predicted octanol–water partition coefficient (Wildman–Crippen LogP) is 4.57. The van der Waals surface area contributed by atoms with Gasteiger partial charge in [0.2, 0.25) is 5.69 Å². The topological polar surface area (TPSA) is 87.1 Å². The molecule has 0 bridgehead atoms. The van der Waals surface area contributed by atoms with Gasteiger partial charge in [-0.1, -0.05) is 23.7 Å². The van der Waals surface area contributed by atoms with Gasteiger partial charge in [-0.3, -0.25) is 4.98 Å². The summed E-state index contributed by atoms with van der Waals surface area (Å²) in [5.41, 5.74) is -1.19. The quantitative estimate of drug-likeness (QED) is 0.554. The minimum absolute atomic E-state index is 0.0387. The van der Waals surface area contributed by atoms with Crippen LogP contribution >= 0.6 is 11.6 Å². The third kappa shape index (κ3) is 4.96. The van der Waals surface area contributed by atoms with Crippen molar-refractivity contribution in [3.05, 3.63) is 59.0 Å².